The van der Waals surface area contributed by atoms with Gasteiger partial charge in [0, 0.05) is 24.2 Å². The van der Waals surface area contributed by atoms with E-state index in [1.807, 2.05) is 13.0 Å². The van der Waals surface area contributed by atoms with Gasteiger partial charge in [-0.2, -0.15) is 5.10 Å². The third-order valence-electron chi connectivity index (χ3n) is 4.09. The van der Waals surface area contributed by atoms with Gasteiger partial charge in [-0.25, -0.2) is 4.98 Å². The summed E-state index contributed by atoms with van der Waals surface area (Å²) in [5.74, 6) is -0.726. The largest absolute Gasteiger partial charge is 0.481 e. The van der Waals surface area contributed by atoms with Gasteiger partial charge in [0.05, 0.1) is 5.92 Å². The molecular formula is C16H18N4O3. The number of carboxylic acids is 1. The van der Waals surface area contributed by atoms with Crippen LogP contribution in [0, 0.1) is 11.8 Å². The van der Waals surface area contributed by atoms with Gasteiger partial charge >= 0.3 is 5.97 Å². The Morgan fingerprint density at radius 2 is 2.17 bits per heavy atom. The van der Waals surface area contributed by atoms with Crippen LogP contribution < -0.4 is 0 Å². The minimum atomic E-state index is -0.843. The normalized spacial score (nSPS) is 21.2. The molecule has 0 spiro atoms. The van der Waals surface area contributed by atoms with Crippen molar-refractivity contribution in [3.63, 3.8) is 0 Å². The topological polar surface area (TPSA) is 99.2 Å². The van der Waals surface area contributed by atoms with Crippen LogP contribution in [0.3, 0.4) is 0 Å². The van der Waals surface area contributed by atoms with E-state index in [-0.39, 0.29) is 18.4 Å². The highest BCUT2D eigenvalue weighted by Gasteiger charge is 2.32. The average Bonchev–Trinajstić information content (AvgIpc) is 3.08. The lowest BCUT2D eigenvalue weighted by atomic mass is 9.90. The van der Waals surface area contributed by atoms with Crippen LogP contribution in [0.4, 0.5) is 0 Å². The number of nitrogens with zero attached hydrogens (tertiary/aromatic N) is 3. The van der Waals surface area contributed by atoms with Crippen molar-refractivity contribution in [2.45, 2.75) is 13.3 Å². The van der Waals surface area contributed by atoms with Crippen LogP contribution in [0.15, 0.2) is 30.6 Å². The monoisotopic (exact) mass is 314 g/mol. The van der Waals surface area contributed by atoms with E-state index in [1.165, 1.54) is 6.33 Å². The minimum Gasteiger partial charge on any atom is -0.481 e. The number of hydrogen-bond acceptors (Lipinski definition) is 4. The minimum absolute atomic E-state index is 0.149. The van der Waals surface area contributed by atoms with Crippen LogP contribution in [0.25, 0.3) is 11.4 Å². The second-order valence-corrected chi connectivity index (χ2v) is 6.00. The molecule has 0 saturated carbocycles. The van der Waals surface area contributed by atoms with Crippen molar-refractivity contribution in [1.82, 2.24) is 20.1 Å². The molecule has 1 aliphatic rings. The molecule has 1 saturated heterocycles. The predicted molar refractivity (Wildman–Crippen MR) is 82.6 cm³/mol. The molecule has 2 aromatic rings. The smallest absolute Gasteiger partial charge is 0.308 e. The van der Waals surface area contributed by atoms with Crippen molar-refractivity contribution in [3.05, 3.63) is 36.2 Å². The summed E-state index contributed by atoms with van der Waals surface area (Å²) in [5.41, 5.74) is 1.30. The summed E-state index contributed by atoms with van der Waals surface area (Å²) in [6, 6.07) is 7.11. The number of piperidine rings is 1. The fourth-order valence-electron chi connectivity index (χ4n) is 3.02. The Hall–Kier alpha value is -2.70. The number of nitrogens with one attached hydrogen (secondary N) is 1. The molecular weight excluding hydrogens is 296 g/mol. The molecule has 2 unspecified atom stereocenters. The van der Waals surface area contributed by atoms with E-state index in [0.717, 1.165) is 5.56 Å². The molecule has 7 heteroatoms. The third kappa shape index (κ3) is 3.23. The maximum absolute atomic E-state index is 12.7. The fraction of sp³-hybridized carbons (Fsp3) is 0.375. The average molecular weight is 314 g/mol. The van der Waals surface area contributed by atoms with Gasteiger partial charge < -0.3 is 10.0 Å². The Labute approximate surface area is 133 Å². The first-order valence-electron chi connectivity index (χ1n) is 7.52. The van der Waals surface area contributed by atoms with Crippen LogP contribution >= 0.6 is 0 Å². The van der Waals surface area contributed by atoms with Crippen LogP contribution in [0.5, 0.6) is 0 Å². The zero-order chi connectivity index (χ0) is 16.4. The molecule has 0 aliphatic carbocycles. The second-order valence-electron chi connectivity index (χ2n) is 6.00. The number of aromatic amines is 1. The van der Waals surface area contributed by atoms with Crippen LogP contribution in [0.2, 0.25) is 0 Å². The van der Waals surface area contributed by atoms with Gasteiger partial charge in [-0.05, 0) is 24.5 Å². The highest BCUT2D eigenvalue weighted by Crippen LogP contribution is 2.24. The zero-order valence-electron chi connectivity index (χ0n) is 12.8. The lowest BCUT2D eigenvalue weighted by molar-refractivity contribution is -0.143. The van der Waals surface area contributed by atoms with Gasteiger partial charge in [-0.1, -0.05) is 19.1 Å². The number of aliphatic carboxylic acids is 1. The Bertz CT molecular complexity index is 714. The lowest BCUT2D eigenvalue weighted by Crippen LogP contribution is -2.45. The van der Waals surface area contributed by atoms with Gasteiger partial charge in [-0.3, -0.25) is 14.7 Å². The molecule has 0 radical (unpaired) electrons. The highest BCUT2D eigenvalue weighted by atomic mass is 16.4. The quantitative estimate of drug-likeness (QED) is 0.897. The Morgan fingerprint density at radius 1 is 1.35 bits per heavy atom. The van der Waals surface area contributed by atoms with E-state index in [4.69, 9.17) is 0 Å². The first kappa shape index (κ1) is 15.2. The number of H-pyrrole nitrogens is 1. The van der Waals surface area contributed by atoms with Gasteiger partial charge in [-0.15, -0.1) is 0 Å². The fourth-order valence-corrected chi connectivity index (χ4v) is 3.02. The summed E-state index contributed by atoms with van der Waals surface area (Å²) in [7, 11) is 0. The maximum Gasteiger partial charge on any atom is 0.308 e. The molecule has 2 heterocycles. The molecule has 7 nitrogen and oxygen atoms in total. The Kier molecular flexibility index (Phi) is 4.10. The molecule has 0 bridgehead atoms. The molecule has 1 aromatic heterocycles. The van der Waals surface area contributed by atoms with Crippen molar-refractivity contribution in [2.24, 2.45) is 11.8 Å². The molecule has 1 amide bonds. The molecule has 1 fully saturated rings. The van der Waals surface area contributed by atoms with Gasteiger partial charge in [0.2, 0.25) is 0 Å². The summed E-state index contributed by atoms with van der Waals surface area (Å²) in [4.78, 5) is 29.7. The third-order valence-corrected chi connectivity index (χ3v) is 4.09. The lowest BCUT2D eigenvalue weighted by Gasteiger charge is -2.34. The number of carboxylic acid groups (broad SMARTS) is 1. The van der Waals surface area contributed by atoms with Gasteiger partial charge in [0.1, 0.15) is 6.33 Å². The number of carbonyl (C=O) groups excluding carboxylic acids is 1. The van der Waals surface area contributed by atoms with E-state index in [1.54, 1.807) is 23.1 Å². The molecule has 3 rings (SSSR count). The first-order chi connectivity index (χ1) is 11.0. The van der Waals surface area contributed by atoms with Crippen LogP contribution in [-0.2, 0) is 4.79 Å². The van der Waals surface area contributed by atoms with E-state index in [9.17, 15) is 14.7 Å². The summed E-state index contributed by atoms with van der Waals surface area (Å²) in [6.07, 6.45) is 2.02. The molecule has 1 aromatic carbocycles. The second kappa shape index (κ2) is 6.20. The summed E-state index contributed by atoms with van der Waals surface area (Å²) < 4.78 is 0. The van der Waals surface area contributed by atoms with E-state index in [2.05, 4.69) is 15.2 Å². The number of likely N-dealkylation sites (tertiary alicyclic amines) is 1. The number of aromatic nitrogens is 3. The van der Waals surface area contributed by atoms with Crippen molar-refractivity contribution in [3.8, 4) is 11.4 Å². The SMILES string of the molecule is CC1CC(C(=O)O)CN(C(=O)c2cccc(-c3ncn[nH]3)c2)C1. The number of benzene rings is 1. The maximum atomic E-state index is 12.7. The van der Waals surface area contributed by atoms with E-state index < -0.39 is 11.9 Å². The number of carbonyl (C=O) groups is 2. The molecule has 120 valence electrons. The van der Waals surface area contributed by atoms with Crippen LogP contribution in [0.1, 0.15) is 23.7 Å². The number of amides is 1. The molecule has 2 N–H and O–H groups in total. The zero-order valence-corrected chi connectivity index (χ0v) is 12.8. The van der Waals surface area contributed by atoms with Crippen molar-refractivity contribution in [2.75, 3.05) is 13.1 Å². The Morgan fingerprint density at radius 3 is 2.87 bits per heavy atom. The standard InChI is InChI=1S/C16H18N4O3/c1-10-5-13(16(22)23)8-20(7-10)15(21)12-4-2-3-11(6-12)14-17-9-18-19-14/h2-4,6,9-10,13H,5,7-8H2,1H3,(H,22,23)(H,17,18,19). The summed E-state index contributed by atoms with van der Waals surface area (Å²) in [6.45, 7) is 2.81. The number of hydrogen-bond donors (Lipinski definition) is 2. The van der Waals surface area contributed by atoms with E-state index >= 15 is 0 Å². The summed E-state index contributed by atoms with van der Waals surface area (Å²) >= 11 is 0. The molecule has 1 aliphatic heterocycles. The first-order valence-corrected chi connectivity index (χ1v) is 7.52. The summed E-state index contributed by atoms with van der Waals surface area (Å²) in [5, 5.41) is 15.8. The Balaban J connectivity index is 1.82. The molecule has 23 heavy (non-hydrogen) atoms. The van der Waals surface area contributed by atoms with Crippen molar-refractivity contribution in [1.29, 1.82) is 0 Å². The van der Waals surface area contributed by atoms with Gasteiger partial charge in [0.25, 0.3) is 5.91 Å². The van der Waals surface area contributed by atoms with E-state index in [0.29, 0.717) is 24.4 Å². The van der Waals surface area contributed by atoms with Crippen molar-refractivity contribution >= 4 is 11.9 Å². The number of rotatable bonds is 3. The van der Waals surface area contributed by atoms with Crippen LogP contribution in [-0.4, -0.2) is 50.2 Å². The highest BCUT2D eigenvalue weighted by molar-refractivity contribution is 5.95. The van der Waals surface area contributed by atoms with Crippen molar-refractivity contribution < 1.29 is 14.7 Å². The van der Waals surface area contributed by atoms with Gasteiger partial charge in [0.15, 0.2) is 5.82 Å². The molecule has 2 atom stereocenters. The predicted octanol–water partition coefficient (Wildman–Crippen LogP) is 1.65.